The molecule has 1 aliphatic rings. The minimum atomic E-state index is -0.703. The molecular weight excluding hydrogens is 212 g/mol. The Balaban J connectivity index is 2.12. The fourth-order valence-electron chi connectivity index (χ4n) is 2.84. The van der Waals surface area contributed by atoms with Gasteiger partial charge in [0.1, 0.15) is 6.33 Å². The standard InChI is InChI=1S/C14H22N2O/c1-11(2)12-4-3-6-14(17,7-5-12)13-8-15-10-16-9-13/h8-12,17H,3-7H2,1-2H3. The van der Waals surface area contributed by atoms with E-state index in [0.29, 0.717) is 5.92 Å². The second kappa shape index (κ2) is 5.13. The van der Waals surface area contributed by atoms with Crippen molar-refractivity contribution in [2.24, 2.45) is 11.8 Å². The van der Waals surface area contributed by atoms with Crippen LogP contribution in [-0.2, 0) is 5.60 Å². The highest BCUT2D eigenvalue weighted by atomic mass is 16.3. The average molecular weight is 234 g/mol. The van der Waals surface area contributed by atoms with Gasteiger partial charge in [-0.2, -0.15) is 0 Å². The van der Waals surface area contributed by atoms with Crippen LogP contribution in [0.15, 0.2) is 18.7 Å². The van der Waals surface area contributed by atoms with Crippen LogP contribution in [-0.4, -0.2) is 15.1 Å². The largest absolute Gasteiger partial charge is 0.385 e. The molecule has 94 valence electrons. The molecule has 3 heteroatoms. The molecular formula is C14H22N2O. The van der Waals surface area contributed by atoms with Crippen molar-refractivity contribution in [2.45, 2.75) is 51.6 Å². The smallest absolute Gasteiger partial charge is 0.115 e. The minimum Gasteiger partial charge on any atom is -0.385 e. The maximum atomic E-state index is 10.7. The first-order chi connectivity index (χ1) is 8.12. The zero-order valence-corrected chi connectivity index (χ0v) is 10.8. The molecule has 3 nitrogen and oxygen atoms in total. The van der Waals surface area contributed by atoms with Gasteiger partial charge in [-0.15, -0.1) is 0 Å². The molecule has 1 saturated carbocycles. The van der Waals surface area contributed by atoms with Gasteiger partial charge >= 0.3 is 0 Å². The molecule has 2 rings (SSSR count). The van der Waals surface area contributed by atoms with E-state index in [2.05, 4.69) is 23.8 Å². The molecule has 0 amide bonds. The third-order valence-electron chi connectivity index (χ3n) is 4.13. The number of aromatic nitrogens is 2. The Morgan fingerprint density at radius 2 is 1.94 bits per heavy atom. The second-order valence-electron chi connectivity index (χ2n) is 5.59. The molecule has 0 saturated heterocycles. The molecule has 1 aliphatic carbocycles. The molecule has 1 fully saturated rings. The summed E-state index contributed by atoms with van der Waals surface area (Å²) < 4.78 is 0. The molecule has 0 bridgehead atoms. The van der Waals surface area contributed by atoms with Crippen molar-refractivity contribution in [2.75, 3.05) is 0 Å². The first-order valence-electron chi connectivity index (χ1n) is 6.60. The maximum Gasteiger partial charge on any atom is 0.115 e. The molecule has 0 aromatic carbocycles. The molecule has 1 aromatic heterocycles. The van der Waals surface area contributed by atoms with Crippen LogP contribution in [0.25, 0.3) is 0 Å². The van der Waals surface area contributed by atoms with E-state index in [1.165, 1.54) is 12.7 Å². The molecule has 1 N–H and O–H groups in total. The molecule has 2 unspecified atom stereocenters. The van der Waals surface area contributed by atoms with Gasteiger partial charge in [0, 0.05) is 18.0 Å². The Morgan fingerprint density at radius 1 is 1.24 bits per heavy atom. The van der Waals surface area contributed by atoms with Crippen LogP contribution in [0, 0.1) is 11.8 Å². The highest BCUT2D eigenvalue weighted by Gasteiger charge is 2.33. The lowest BCUT2D eigenvalue weighted by atomic mass is 9.86. The minimum absolute atomic E-state index is 0.703. The molecule has 0 spiro atoms. The van der Waals surface area contributed by atoms with Crippen molar-refractivity contribution in [3.8, 4) is 0 Å². The summed E-state index contributed by atoms with van der Waals surface area (Å²) in [6.07, 6.45) is 10.1. The molecule has 0 radical (unpaired) electrons. The van der Waals surface area contributed by atoms with Gasteiger partial charge in [-0.05, 0) is 37.5 Å². The number of hydrogen-bond donors (Lipinski definition) is 1. The SMILES string of the molecule is CC(C)C1CCCC(O)(c2cncnc2)CC1. The zero-order chi connectivity index (χ0) is 12.3. The van der Waals surface area contributed by atoms with Gasteiger partial charge in [-0.3, -0.25) is 0 Å². The number of nitrogens with zero attached hydrogens (tertiary/aromatic N) is 2. The summed E-state index contributed by atoms with van der Waals surface area (Å²) in [5.41, 5.74) is 0.176. The van der Waals surface area contributed by atoms with E-state index in [0.717, 1.165) is 37.2 Å². The van der Waals surface area contributed by atoms with Gasteiger partial charge < -0.3 is 5.11 Å². The predicted octanol–water partition coefficient (Wildman–Crippen LogP) is 2.90. The van der Waals surface area contributed by atoms with Gasteiger partial charge in [-0.1, -0.05) is 20.3 Å². The Hall–Kier alpha value is -0.960. The van der Waals surface area contributed by atoms with E-state index < -0.39 is 5.60 Å². The average Bonchev–Trinajstić information content (AvgIpc) is 2.54. The summed E-state index contributed by atoms with van der Waals surface area (Å²) in [5, 5.41) is 10.7. The second-order valence-corrected chi connectivity index (χ2v) is 5.59. The molecule has 1 aromatic rings. The van der Waals surface area contributed by atoms with E-state index >= 15 is 0 Å². The van der Waals surface area contributed by atoms with E-state index in [9.17, 15) is 5.11 Å². The fraction of sp³-hybridized carbons (Fsp3) is 0.714. The number of aliphatic hydroxyl groups is 1. The fourth-order valence-corrected chi connectivity index (χ4v) is 2.84. The highest BCUT2D eigenvalue weighted by Crippen LogP contribution is 2.39. The van der Waals surface area contributed by atoms with Gasteiger partial charge in [0.25, 0.3) is 0 Å². The Kier molecular flexibility index (Phi) is 3.77. The number of rotatable bonds is 2. The highest BCUT2D eigenvalue weighted by molar-refractivity contribution is 5.14. The summed E-state index contributed by atoms with van der Waals surface area (Å²) in [6, 6.07) is 0. The summed E-state index contributed by atoms with van der Waals surface area (Å²) in [6.45, 7) is 4.56. The van der Waals surface area contributed by atoms with Gasteiger partial charge in [0.05, 0.1) is 5.60 Å². The molecule has 1 heterocycles. The van der Waals surface area contributed by atoms with Crippen LogP contribution < -0.4 is 0 Å². The quantitative estimate of drug-likeness (QED) is 0.800. The van der Waals surface area contributed by atoms with Gasteiger partial charge in [0.2, 0.25) is 0 Å². The number of hydrogen-bond acceptors (Lipinski definition) is 3. The monoisotopic (exact) mass is 234 g/mol. The lowest BCUT2D eigenvalue weighted by Crippen LogP contribution is -2.25. The normalized spacial score (nSPS) is 30.2. The van der Waals surface area contributed by atoms with Crippen molar-refractivity contribution in [1.82, 2.24) is 9.97 Å². The van der Waals surface area contributed by atoms with Crippen LogP contribution in [0.2, 0.25) is 0 Å². The summed E-state index contributed by atoms with van der Waals surface area (Å²) >= 11 is 0. The van der Waals surface area contributed by atoms with E-state index in [1.54, 1.807) is 12.4 Å². The molecule has 2 atom stereocenters. The summed E-state index contributed by atoms with van der Waals surface area (Å²) in [5.74, 6) is 1.46. The van der Waals surface area contributed by atoms with E-state index in [1.807, 2.05) is 0 Å². The van der Waals surface area contributed by atoms with Crippen LogP contribution in [0.5, 0.6) is 0 Å². The van der Waals surface area contributed by atoms with Crippen LogP contribution >= 0.6 is 0 Å². The summed E-state index contributed by atoms with van der Waals surface area (Å²) in [7, 11) is 0. The first-order valence-corrected chi connectivity index (χ1v) is 6.60. The Morgan fingerprint density at radius 3 is 2.59 bits per heavy atom. The van der Waals surface area contributed by atoms with Gasteiger partial charge in [-0.25, -0.2) is 9.97 Å². The maximum absolute atomic E-state index is 10.7. The van der Waals surface area contributed by atoms with Crippen molar-refractivity contribution in [3.63, 3.8) is 0 Å². The van der Waals surface area contributed by atoms with Gasteiger partial charge in [0.15, 0.2) is 0 Å². The Labute approximate surface area is 103 Å². The first kappa shape index (κ1) is 12.5. The lowest BCUT2D eigenvalue weighted by Gasteiger charge is -2.26. The van der Waals surface area contributed by atoms with Crippen LogP contribution in [0.3, 0.4) is 0 Å². The third-order valence-corrected chi connectivity index (χ3v) is 4.13. The lowest BCUT2D eigenvalue weighted by molar-refractivity contribution is 0.0184. The van der Waals surface area contributed by atoms with E-state index in [4.69, 9.17) is 0 Å². The van der Waals surface area contributed by atoms with Crippen molar-refractivity contribution >= 4 is 0 Å². The Bertz CT molecular complexity index is 352. The van der Waals surface area contributed by atoms with Crippen molar-refractivity contribution in [3.05, 3.63) is 24.3 Å². The van der Waals surface area contributed by atoms with Crippen LogP contribution in [0.1, 0.15) is 51.5 Å². The molecule has 17 heavy (non-hydrogen) atoms. The topological polar surface area (TPSA) is 46.0 Å². The predicted molar refractivity (Wildman–Crippen MR) is 67.3 cm³/mol. The van der Waals surface area contributed by atoms with Crippen molar-refractivity contribution < 1.29 is 5.11 Å². The van der Waals surface area contributed by atoms with E-state index in [-0.39, 0.29) is 0 Å². The molecule has 0 aliphatic heterocycles. The third kappa shape index (κ3) is 2.83. The zero-order valence-electron chi connectivity index (χ0n) is 10.8. The van der Waals surface area contributed by atoms with Crippen molar-refractivity contribution in [1.29, 1.82) is 0 Å². The summed E-state index contributed by atoms with van der Waals surface area (Å²) in [4.78, 5) is 8.04. The van der Waals surface area contributed by atoms with Crippen LogP contribution in [0.4, 0.5) is 0 Å².